The molecule has 0 bridgehead atoms. The molecule has 0 aromatic heterocycles. The second-order valence-corrected chi connectivity index (χ2v) is 4.68. The van der Waals surface area contributed by atoms with Gasteiger partial charge in [-0.3, -0.25) is 4.79 Å². The van der Waals surface area contributed by atoms with Crippen molar-refractivity contribution >= 4 is 5.91 Å². The fourth-order valence-corrected chi connectivity index (χ4v) is 1.79. The molecule has 1 atom stereocenters. The molecule has 92 valence electrons. The molecule has 3 heteroatoms. The summed E-state index contributed by atoms with van der Waals surface area (Å²) in [5, 5.41) is 6.35. The molecule has 1 amide bonds. The van der Waals surface area contributed by atoms with Crippen molar-refractivity contribution in [2.24, 2.45) is 0 Å². The number of nitrogens with one attached hydrogen (secondary N) is 2. The van der Waals surface area contributed by atoms with Crippen LogP contribution in [0.3, 0.4) is 0 Å². The third-order valence-corrected chi connectivity index (χ3v) is 3.04. The molecule has 1 unspecified atom stereocenters. The first-order valence-corrected chi connectivity index (χ1v) is 6.33. The van der Waals surface area contributed by atoms with Crippen LogP contribution in [0.1, 0.15) is 37.8 Å². The van der Waals surface area contributed by atoms with Crippen LogP contribution in [-0.4, -0.2) is 18.5 Å². The third kappa shape index (κ3) is 4.19. The van der Waals surface area contributed by atoms with E-state index >= 15 is 0 Å². The van der Waals surface area contributed by atoms with Gasteiger partial charge >= 0.3 is 0 Å². The first-order valence-electron chi connectivity index (χ1n) is 6.33. The molecule has 17 heavy (non-hydrogen) atoms. The molecule has 1 saturated carbocycles. The van der Waals surface area contributed by atoms with Gasteiger partial charge in [0.2, 0.25) is 5.91 Å². The van der Waals surface area contributed by atoms with Crippen molar-refractivity contribution in [3.8, 4) is 0 Å². The summed E-state index contributed by atoms with van der Waals surface area (Å²) in [7, 11) is 0. The van der Waals surface area contributed by atoms with Crippen molar-refractivity contribution in [2.75, 3.05) is 6.54 Å². The number of carbonyl (C=O) groups excluding carboxylic acids is 1. The maximum Gasteiger partial charge on any atom is 0.221 e. The SMILES string of the molecule is CC(NCCC(=O)NC1CC1)c1ccccc1. The highest BCUT2D eigenvalue weighted by molar-refractivity contribution is 5.76. The zero-order chi connectivity index (χ0) is 12.1. The second kappa shape index (κ2) is 5.82. The largest absolute Gasteiger partial charge is 0.353 e. The Morgan fingerprint density at radius 3 is 2.71 bits per heavy atom. The van der Waals surface area contributed by atoms with Crippen molar-refractivity contribution in [1.29, 1.82) is 0 Å². The lowest BCUT2D eigenvalue weighted by Gasteiger charge is -2.13. The highest BCUT2D eigenvalue weighted by atomic mass is 16.1. The quantitative estimate of drug-likeness (QED) is 0.787. The Hall–Kier alpha value is -1.35. The molecule has 0 radical (unpaired) electrons. The monoisotopic (exact) mass is 232 g/mol. The van der Waals surface area contributed by atoms with Crippen molar-refractivity contribution in [3.05, 3.63) is 35.9 Å². The normalized spacial score (nSPS) is 16.5. The summed E-state index contributed by atoms with van der Waals surface area (Å²) in [5.41, 5.74) is 1.26. The van der Waals surface area contributed by atoms with E-state index < -0.39 is 0 Å². The van der Waals surface area contributed by atoms with E-state index in [0.717, 1.165) is 19.4 Å². The number of hydrogen-bond donors (Lipinski definition) is 2. The van der Waals surface area contributed by atoms with Crippen molar-refractivity contribution < 1.29 is 4.79 Å². The fraction of sp³-hybridized carbons (Fsp3) is 0.500. The molecule has 0 aliphatic heterocycles. The lowest BCUT2D eigenvalue weighted by molar-refractivity contribution is -0.121. The first kappa shape index (κ1) is 12.1. The molecule has 3 nitrogen and oxygen atoms in total. The van der Waals surface area contributed by atoms with E-state index in [1.807, 2.05) is 18.2 Å². The maximum absolute atomic E-state index is 11.5. The molecule has 1 aromatic carbocycles. The van der Waals surface area contributed by atoms with E-state index in [4.69, 9.17) is 0 Å². The minimum Gasteiger partial charge on any atom is -0.353 e. The van der Waals surface area contributed by atoms with Gasteiger partial charge in [0.1, 0.15) is 0 Å². The zero-order valence-corrected chi connectivity index (χ0v) is 10.3. The van der Waals surface area contributed by atoms with Gasteiger partial charge in [0, 0.05) is 25.0 Å². The van der Waals surface area contributed by atoms with Crippen LogP contribution < -0.4 is 10.6 Å². The van der Waals surface area contributed by atoms with Gasteiger partial charge in [-0.1, -0.05) is 30.3 Å². The van der Waals surface area contributed by atoms with Crippen LogP contribution in [0, 0.1) is 0 Å². The van der Waals surface area contributed by atoms with Crippen LogP contribution in [0.25, 0.3) is 0 Å². The summed E-state index contributed by atoms with van der Waals surface area (Å²) in [6.07, 6.45) is 2.87. The summed E-state index contributed by atoms with van der Waals surface area (Å²) in [6.45, 7) is 2.85. The van der Waals surface area contributed by atoms with Crippen LogP contribution in [0.5, 0.6) is 0 Å². The van der Waals surface area contributed by atoms with Gasteiger partial charge < -0.3 is 10.6 Å². The Morgan fingerprint density at radius 1 is 1.35 bits per heavy atom. The predicted octanol–water partition coefficient (Wildman–Crippen LogP) is 2.01. The average molecular weight is 232 g/mol. The summed E-state index contributed by atoms with van der Waals surface area (Å²) in [4.78, 5) is 11.5. The zero-order valence-electron chi connectivity index (χ0n) is 10.3. The lowest BCUT2D eigenvalue weighted by Crippen LogP contribution is -2.30. The molecular weight excluding hydrogens is 212 g/mol. The molecular formula is C14H20N2O. The Bertz CT molecular complexity index is 360. The molecule has 0 saturated heterocycles. The van der Waals surface area contributed by atoms with Crippen LogP contribution >= 0.6 is 0 Å². The lowest BCUT2D eigenvalue weighted by atomic mass is 10.1. The summed E-state index contributed by atoms with van der Waals surface area (Å²) in [5.74, 6) is 0.167. The van der Waals surface area contributed by atoms with Gasteiger partial charge in [-0.25, -0.2) is 0 Å². The van der Waals surface area contributed by atoms with Crippen LogP contribution in [0.4, 0.5) is 0 Å². The van der Waals surface area contributed by atoms with E-state index in [0.29, 0.717) is 18.5 Å². The van der Waals surface area contributed by atoms with Gasteiger partial charge in [-0.05, 0) is 25.3 Å². The molecule has 1 aromatic rings. The Balaban J connectivity index is 1.65. The van der Waals surface area contributed by atoms with Crippen LogP contribution in [-0.2, 0) is 4.79 Å². The third-order valence-electron chi connectivity index (χ3n) is 3.04. The topological polar surface area (TPSA) is 41.1 Å². The maximum atomic E-state index is 11.5. The van der Waals surface area contributed by atoms with Crippen LogP contribution in [0.15, 0.2) is 30.3 Å². The molecule has 1 aliphatic rings. The minimum atomic E-state index is 0.167. The second-order valence-electron chi connectivity index (χ2n) is 4.68. The standard InChI is InChI=1S/C14H20N2O/c1-11(12-5-3-2-4-6-12)15-10-9-14(17)16-13-7-8-13/h2-6,11,13,15H,7-10H2,1H3,(H,16,17). The van der Waals surface area contributed by atoms with Gasteiger partial charge in [0.05, 0.1) is 0 Å². The molecule has 1 fully saturated rings. The number of hydrogen-bond acceptors (Lipinski definition) is 2. The molecule has 2 N–H and O–H groups in total. The molecule has 1 aliphatic carbocycles. The van der Waals surface area contributed by atoms with Crippen molar-refractivity contribution in [3.63, 3.8) is 0 Å². The van der Waals surface area contributed by atoms with Gasteiger partial charge in [0.25, 0.3) is 0 Å². The van der Waals surface area contributed by atoms with Crippen LogP contribution in [0.2, 0.25) is 0 Å². The smallest absolute Gasteiger partial charge is 0.221 e. The van der Waals surface area contributed by atoms with Crippen molar-refractivity contribution in [2.45, 2.75) is 38.3 Å². The van der Waals surface area contributed by atoms with Gasteiger partial charge in [-0.15, -0.1) is 0 Å². The molecule has 0 spiro atoms. The summed E-state index contributed by atoms with van der Waals surface area (Å²) in [6, 6.07) is 11.0. The number of benzene rings is 1. The molecule has 2 rings (SSSR count). The van der Waals surface area contributed by atoms with E-state index in [1.54, 1.807) is 0 Å². The first-order chi connectivity index (χ1) is 8.25. The summed E-state index contributed by atoms with van der Waals surface area (Å²) >= 11 is 0. The van der Waals surface area contributed by atoms with Gasteiger partial charge in [0.15, 0.2) is 0 Å². The highest BCUT2D eigenvalue weighted by Crippen LogP contribution is 2.18. The minimum absolute atomic E-state index is 0.167. The number of carbonyl (C=O) groups is 1. The van der Waals surface area contributed by atoms with Gasteiger partial charge in [-0.2, -0.15) is 0 Å². The Morgan fingerprint density at radius 2 is 2.06 bits per heavy atom. The fourth-order valence-electron chi connectivity index (χ4n) is 1.79. The van der Waals surface area contributed by atoms with Crippen molar-refractivity contribution in [1.82, 2.24) is 10.6 Å². The predicted molar refractivity (Wildman–Crippen MR) is 68.6 cm³/mol. The summed E-state index contributed by atoms with van der Waals surface area (Å²) < 4.78 is 0. The van der Waals surface area contributed by atoms with E-state index in [2.05, 4.69) is 29.7 Å². The van der Waals surface area contributed by atoms with E-state index in [1.165, 1.54) is 5.56 Å². The Kier molecular flexibility index (Phi) is 4.15. The number of amides is 1. The molecule has 0 heterocycles. The highest BCUT2D eigenvalue weighted by Gasteiger charge is 2.22. The van der Waals surface area contributed by atoms with E-state index in [-0.39, 0.29) is 5.91 Å². The Labute approximate surface area is 103 Å². The number of rotatable bonds is 6. The average Bonchev–Trinajstić information content (AvgIpc) is 3.14. The van der Waals surface area contributed by atoms with E-state index in [9.17, 15) is 4.79 Å².